The van der Waals surface area contributed by atoms with Crippen LogP contribution in [0.5, 0.6) is 0 Å². The summed E-state index contributed by atoms with van der Waals surface area (Å²) in [6.07, 6.45) is 4.70. The zero-order valence-electron chi connectivity index (χ0n) is 17.4. The van der Waals surface area contributed by atoms with Crippen molar-refractivity contribution in [3.8, 4) is 0 Å². The molecule has 0 spiro atoms. The Bertz CT molecular complexity index is 1440. The van der Waals surface area contributed by atoms with E-state index in [0.717, 1.165) is 12.8 Å². The number of rotatable bonds is 4. The van der Waals surface area contributed by atoms with Crippen molar-refractivity contribution >= 4 is 73.8 Å². The quantitative estimate of drug-likeness (QED) is 0.264. The van der Waals surface area contributed by atoms with Crippen molar-refractivity contribution in [2.45, 2.75) is 39.5 Å². The zero-order chi connectivity index (χ0) is 20.2. The molecule has 6 aromatic rings. The first-order chi connectivity index (χ1) is 14.8. The molecule has 0 aliphatic carbocycles. The van der Waals surface area contributed by atoms with Crippen LogP contribution in [0.1, 0.15) is 37.8 Å². The largest absolute Gasteiger partial charge is 0.135 e. The van der Waals surface area contributed by atoms with Crippen LogP contribution >= 0.6 is 22.7 Å². The Balaban J connectivity index is 1.64. The van der Waals surface area contributed by atoms with E-state index in [0.29, 0.717) is 0 Å². The van der Waals surface area contributed by atoms with Crippen molar-refractivity contribution in [3.05, 3.63) is 71.8 Å². The number of hydrogen-bond donors (Lipinski definition) is 0. The van der Waals surface area contributed by atoms with E-state index >= 15 is 0 Å². The molecule has 0 nitrogen and oxygen atoms in total. The predicted molar refractivity (Wildman–Crippen MR) is 138 cm³/mol. The summed E-state index contributed by atoms with van der Waals surface area (Å²) >= 11 is 3.89. The summed E-state index contributed by atoms with van der Waals surface area (Å²) in [5, 5.41) is 8.46. The van der Waals surface area contributed by atoms with E-state index in [2.05, 4.69) is 74.5 Å². The van der Waals surface area contributed by atoms with Crippen molar-refractivity contribution in [1.82, 2.24) is 0 Å². The molecule has 30 heavy (non-hydrogen) atoms. The number of thiophene rings is 2. The van der Waals surface area contributed by atoms with Gasteiger partial charge in [0.1, 0.15) is 0 Å². The molecule has 0 N–H and O–H groups in total. The van der Waals surface area contributed by atoms with Crippen LogP contribution < -0.4 is 0 Å². The maximum Gasteiger partial charge on any atom is 0.0434 e. The smallest absolute Gasteiger partial charge is 0.0434 e. The Morgan fingerprint density at radius 1 is 0.500 bits per heavy atom. The average molecular weight is 425 g/mol. The highest BCUT2D eigenvalue weighted by atomic mass is 32.1. The third-order valence-corrected chi connectivity index (χ3v) is 8.71. The van der Waals surface area contributed by atoms with Crippen LogP contribution in [0.25, 0.3) is 51.1 Å². The van der Waals surface area contributed by atoms with Crippen LogP contribution in [0, 0.1) is 0 Å². The van der Waals surface area contributed by atoms with Gasteiger partial charge >= 0.3 is 0 Å². The van der Waals surface area contributed by atoms with Crippen LogP contribution in [0.3, 0.4) is 0 Å². The molecule has 4 aromatic carbocycles. The highest BCUT2D eigenvalue weighted by molar-refractivity contribution is 7.28. The summed E-state index contributed by atoms with van der Waals surface area (Å²) in [5.74, 6) is 0. The third kappa shape index (κ3) is 2.71. The lowest BCUT2D eigenvalue weighted by molar-refractivity contribution is 0.924. The molecule has 0 amide bonds. The maximum atomic E-state index is 2.41. The molecule has 0 unspecified atom stereocenters. The number of benzene rings is 4. The van der Waals surface area contributed by atoms with Crippen LogP contribution in [-0.4, -0.2) is 0 Å². The Morgan fingerprint density at radius 2 is 0.900 bits per heavy atom. The second-order valence-electron chi connectivity index (χ2n) is 8.34. The minimum absolute atomic E-state index is 1.16. The predicted octanol–water partition coefficient (Wildman–Crippen LogP) is 9.48. The van der Waals surface area contributed by atoms with Gasteiger partial charge in [0.05, 0.1) is 0 Å². The summed E-state index contributed by atoms with van der Waals surface area (Å²) in [5.41, 5.74) is 2.90. The van der Waals surface area contributed by atoms with E-state index < -0.39 is 0 Å². The van der Waals surface area contributed by atoms with Crippen LogP contribution in [0.4, 0.5) is 0 Å². The summed E-state index contributed by atoms with van der Waals surface area (Å²) in [6, 6.07) is 23.5. The second-order valence-corrected chi connectivity index (χ2v) is 10.4. The van der Waals surface area contributed by atoms with E-state index in [9.17, 15) is 0 Å². The van der Waals surface area contributed by atoms with Crippen molar-refractivity contribution in [1.29, 1.82) is 0 Å². The molecule has 0 aliphatic rings. The van der Waals surface area contributed by atoms with Gasteiger partial charge in [-0.3, -0.25) is 0 Å². The lowest BCUT2D eigenvalue weighted by Crippen LogP contribution is -1.81. The first kappa shape index (κ1) is 18.4. The van der Waals surface area contributed by atoms with Crippen molar-refractivity contribution in [3.63, 3.8) is 0 Å². The standard InChI is InChI=1S/C28H24S2/c1-3-5-17-7-13-25-23(15-17)21-11-9-20-19(27(21)29-25)10-12-22-24-16-18(6-4-2)8-14-26(24)30-28(20)22/h7-16H,3-6H2,1-2H3. The molecule has 6 rings (SSSR count). The Hall–Kier alpha value is -2.42. The van der Waals surface area contributed by atoms with Gasteiger partial charge in [0.25, 0.3) is 0 Å². The van der Waals surface area contributed by atoms with Crippen LogP contribution in [0.2, 0.25) is 0 Å². The molecule has 2 heterocycles. The van der Waals surface area contributed by atoms with E-state index in [1.807, 2.05) is 22.7 Å². The molecule has 0 radical (unpaired) electrons. The molecule has 0 saturated heterocycles. The van der Waals surface area contributed by atoms with Gasteiger partial charge in [0, 0.05) is 51.1 Å². The maximum absolute atomic E-state index is 2.41. The van der Waals surface area contributed by atoms with E-state index in [1.54, 1.807) is 0 Å². The molecule has 0 atom stereocenters. The molecular weight excluding hydrogens is 400 g/mol. The minimum atomic E-state index is 1.16. The van der Waals surface area contributed by atoms with Gasteiger partial charge in [-0.05, 0) is 48.2 Å². The summed E-state index contributed by atoms with van der Waals surface area (Å²) in [4.78, 5) is 0. The highest BCUT2D eigenvalue weighted by Gasteiger charge is 2.13. The molecule has 2 heteroatoms. The van der Waals surface area contributed by atoms with Gasteiger partial charge in [-0.25, -0.2) is 0 Å². The Kier molecular flexibility index (Phi) is 4.33. The van der Waals surface area contributed by atoms with Crippen molar-refractivity contribution in [2.24, 2.45) is 0 Å². The van der Waals surface area contributed by atoms with Crippen LogP contribution in [0.15, 0.2) is 60.7 Å². The van der Waals surface area contributed by atoms with Crippen LogP contribution in [-0.2, 0) is 12.8 Å². The lowest BCUT2D eigenvalue weighted by Gasteiger charge is -2.03. The average Bonchev–Trinajstić information content (AvgIpc) is 3.32. The van der Waals surface area contributed by atoms with E-state index in [1.165, 1.54) is 75.1 Å². The lowest BCUT2D eigenvalue weighted by atomic mass is 10.0. The van der Waals surface area contributed by atoms with Crippen molar-refractivity contribution in [2.75, 3.05) is 0 Å². The molecule has 0 fully saturated rings. The SMILES string of the molecule is CCCc1ccc2sc3c(ccc4c3ccc3c5cc(CCC)ccc5sc34)c2c1. The summed E-state index contributed by atoms with van der Waals surface area (Å²) in [7, 11) is 0. The molecule has 148 valence electrons. The fraction of sp³-hybridized carbons (Fsp3) is 0.214. The molecule has 0 aliphatic heterocycles. The van der Waals surface area contributed by atoms with Gasteiger partial charge in [0.2, 0.25) is 0 Å². The molecular formula is C28H24S2. The van der Waals surface area contributed by atoms with Gasteiger partial charge in [-0.2, -0.15) is 0 Å². The first-order valence-electron chi connectivity index (χ1n) is 11.0. The van der Waals surface area contributed by atoms with E-state index in [-0.39, 0.29) is 0 Å². The fourth-order valence-corrected chi connectivity index (χ4v) is 7.28. The first-order valence-corrected chi connectivity index (χ1v) is 12.6. The van der Waals surface area contributed by atoms with E-state index in [4.69, 9.17) is 0 Å². The van der Waals surface area contributed by atoms with Gasteiger partial charge in [-0.1, -0.05) is 63.1 Å². The number of hydrogen-bond acceptors (Lipinski definition) is 2. The molecule has 0 saturated carbocycles. The number of aryl methyl sites for hydroxylation is 2. The second kappa shape index (κ2) is 7.08. The topological polar surface area (TPSA) is 0 Å². The Labute approximate surface area is 184 Å². The Morgan fingerprint density at radius 3 is 1.30 bits per heavy atom. The number of fused-ring (bicyclic) bond motifs is 9. The third-order valence-electron chi connectivity index (χ3n) is 6.27. The molecule has 2 aromatic heterocycles. The molecule has 0 bridgehead atoms. The minimum Gasteiger partial charge on any atom is -0.135 e. The zero-order valence-corrected chi connectivity index (χ0v) is 19.1. The summed E-state index contributed by atoms with van der Waals surface area (Å²) in [6.45, 7) is 4.51. The summed E-state index contributed by atoms with van der Waals surface area (Å²) < 4.78 is 5.67. The van der Waals surface area contributed by atoms with Gasteiger partial charge in [0.15, 0.2) is 0 Å². The van der Waals surface area contributed by atoms with Gasteiger partial charge in [-0.15, -0.1) is 22.7 Å². The highest BCUT2D eigenvalue weighted by Crippen LogP contribution is 2.44. The normalized spacial score (nSPS) is 12.2. The monoisotopic (exact) mass is 424 g/mol. The van der Waals surface area contributed by atoms with Gasteiger partial charge < -0.3 is 0 Å². The fourth-order valence-electron chi connectivity index (χ4n) is 4.86. The van der Waals surface area contributed by atoms with Crippen molar-refractivity contribution < 1.29 is 0 Å².